The molecule has 2 aromatic carbocycles. The Morgan fingerprint density at radius 3 is 2.64 bits per heavy atom. The monoisotopic (exact) mass is 555 g/mol. The van der Waals surface area contributed by atoms with Crippen LogP contribution in [0.4, 0.5) is 5.13 Å². The van der Waals surface area contributed by atoms with E-state index in [1.807, 2.05) is 54.6 Å². The van der Waals surface area contributed by atoms with Gasteiger partial charge in [0.2, 0.25) is 5.13 Å². The van der Waals surface area contributed by atoms with Gasteiger partial charge < -0.3 is 10.5 Å². The van der Waals surface area contributed by atoms with E-state index in [2.05, 4.69) is 36.7 Å². The maximum absolute atomic E-state index is 13.7. The number of nitrogens with zero attached hydrogens (tertiary/aromatic N) is 4. The van der Waals surface area contributed by atoms with Crippen LogP contribution >= 0.6 is 23.1 Å². The van der Waals surface area contributed by atoms with Gasteiger partial charge in [0, 0.05) is 23.4 Å². The number of aromatic nitrogens is 2. The van der Waals surface area contributed by atoms with E-state index in [4.69, 9.17) is 10.5 Å². The van der Waals surface area contributed by atoms with Crippen LogP contribution in [0.3, 0.4) is 0 Å². The first-order valence-corrected chi connectivity index (χ1v) is 14.4. The molecule has 1 aromatic heterocycles. The summed E-state index contributed by atoms with van der Waals surface area (Å²) in [6.07, 6.45) is 2.82. The van der Waals surface area contributed by atoms with Crippen molar-refractivity contribution in [2.24, 2.45) is 11.1 Å². The number of carbonyl (C=O) groups is 1. The van der Waals surface area contributed by atoms with Crippen molar-refractivity contribution < 1.29 is 9.53 Å². The summed E-state index contributed by atoms with van der Waals surface area (Å²) in [6, 6.07) is 19.8. The predicted octanol–water partition coefficient (Wildman–Crippen LogP) is 6.34. The zero-order valence-corrected chi connectivity index (χ0v) is 23.5. The third-order valence-electron chi connectivity index (χ3n) is 6.75. The molecule has 9 heteroatoms. The number of allylic oxidation sites excluding steroid dienone is 3. The summed E-state index contributed by atoms with van der Waals surface area (Å²) in [4.78, 5) is 15.5. The summed E-state index contributed by atoms with van der Waals surface area (Å²) >= 11 is 2.92. The maximum atomic E-state index is 13.7. The quantitative estimate of drug-likeness (QED) is 0.254. The van der Waals surface area contributed by atoms with Crippen LogP contribution in [-0.2, 0) is 11.4 Å². The molecule has 0 amide bonds. The van der Waals surface area contributed by atoms with Crippen molar-refractivity contribution in [2.45, 2.75) is 43.6 Å². The molecule has 0 fully saturated rings. The minimum absolute atomic E-state index is 0.0201. The second-order valence-electron chi connectivity index (χ2n) is 10.3. The number of hydrogen-bond acceptors (Lipinski definition) is 9. The molecule has 1 aliphatic heterocycles. The van der Waals surface area contributed by atoms with Crippen LogP contribution in [0.1, 0.15) is 43.7 Å². The van der Waals surface area contributed by atoms with E-state index in [-0.39, 0.29) is 17.0 Å². The molecule has 0 spiro atoms. The van der Waals surface area contributed by atoms with E-state index < -0.39 is 5.92 Å². The van der Waals surface area contributed by atoms with Gasteiger partial charge >= 0.3 is 0 Å². The Kier molecular flexibility index (Phi) is 7.60. The molecule has 0 saturated heterocycles. The number of ketones is 1. The summed E-state index contributed by atoms with van der Waals surface area (Å²) in [5.74, 6) is 1.16. The predicted molar refractivity (Wildman–Crippen MR) is 155 cm³/mol. The number of Topliss-reactive ketones (excluding diaryl/α,β-unsaturated/α-hetero) is 1. The molecule has 198 valence electrons. The van der Waals surface area contributed by atoms with Crippen molar-refractivity contribution in [1.29, 1.82) is 5.26 Å². The number of ether oxygens (including phenoxy) is 1. The van der Waals surface area contributed by atoms with Gasteiger partial charge in [0.05, 0.1) is 17.6 Å². The van der Waals surface area contributed by atoms with Crippen molar-refractivity contribution in [3.8, 4) is 11.8 Å². The lowest BCUT2D eigenvalue weighted by molar-refractivity contribution is -0.118. The molecule has 1 atom stereocenters. The molecule has 0 saturated carbocycles. The average Bonchev–Trinajstić information content (AvgIpc) is 3.38. The number of hydrogen-bond donors (Lipinski definition) is 1. The van der Waals surface area contributed by atoms with E-state index in [0.717, 1.165) is 21.2 Å². The van der Waals surface area contributed by atoms with Gasteiger partial charge in [0.1, 0.15) is 18.2 Å². The highest BCUT2D eigenvalue weighted by Crippen LogP contribution is 2.50. The highest BCUT2D eigenvalue weighted by molar-refractivity contribution is 8.01. The highest BCUT2D eigenvalue weighted by atomic mass is 32.2. The molecule has 2 N–H and O–H groups in total. The number of nitrogens with two attached hydrogens (primary N) is 1. The smallest absolute Gasteiger partial charge is 0.219 e. The minimum atomic E-state index is -0.560. The van der Waals surface area contributed by atoms with Crippen LogP contribution in [0, 0.1) is 16.7 Å². The van der Waals surface area contributed by atoms with Crippen LogP contribution in [0.5, 0.6) is 5.75 Å². The largest absolute Gasteiger partial charge is 0.489 e. The lowest BCUT2D eigenvalue weighted by Gasteiger charge is -2.42. The average molecular weight is 556 g/mol. The van der Waals surface area contributed by atoms with Crippen LogP contribution in [-0.4, -0.2) is 21.7 Å². The third kappa shape index (κ3) is 5.49. The lowest BCUT2D eigenvalue weighted by atomic mass is 9.68. The number of nitriles is 1. The van der Waals surface area contributed by atoms with E-state index in [1.54, 1.807) is 11.0 Å². The molecule has 0 radical (unpaired) electrons. The third-order valence-corrected chi connectivity index (χ3v) is 8.79. The van der Waals surface area contributed by atoms with Crippen molar-refractivity contribution in [3.05, 3.63) is 101 Å². The Morgan fingerprint density at radius 1 is 1.21 bits per heavy atom. The van der Waals surface area contributed by atoms with Crippen molar-refractivity contribution in [3.63, 3.8) is 0 Å². The fourth-order valence-corrected chi connectivity index (χ4v) is 6.68. The number of carbonyl (C=O) groups excluding carboxylic acids is 1. The second kappa shape index (κ2) is 11.1. The molecular weight excluding hydrogens is 526 g/mol. The van der Waals surface area contributed by atoms with Gasteiger partial charge in [-0.3, -0.25) is 9.69 Å². The Balaban J connectivity index is 1.53. The van der Waals surface area contributed by atoms with Gasteiger partial charge in [0.15, 0.2) is 10.1 Å². The Hall–Kier alpha value is -3.87. The summed E-state index contributed by atoms with van der Waals surface area (Å²) in [6.45, 7) is 8.36. The molecule has 5 rings (SSSR count). The molecular formula is C30H29N5O2S2. The summed E-state index contributed by atoms with van der Waals surface area (Å²) in [5.41, 5.74) is 10.1. The molecule has 1 aliphatic carbocycles. The van der Waals surface area contributed by atoms with Crippen molar-refractivity contribution in [2.75, 3.05) is 10.7 Å². The molecule has 0 bridgehead atoms. The Labute approximate surface area is 236 Å². The summed E-state index contributed by atoms with van der Waals surface area (Å²) in [7, 11) is 0. The van der Waals surface area contributed by atoms with E-state index in [1.165, 1.54) is 23.1 Å². The SMILES string of the molecule is C=CCSc1nnc(N2C(N)=C(C#N)C(c3ccc(OCc4ccccc4)cc3)C3=C2CC(C)(C)CC3=O)s1. The first-order valence-electron chi connectivity index (χ1n) is 12.6. The molecule has 7 nitrogen and oxygen atoms in total. The Morgan fingerprint density at radius 2 is 1.95 bits per heavy atom. The zero-order chi connectivity index (χ0) is 27.6. The Bertz CT molecular complexity index is 1500. The first-order chi connectivity index (χ1) is 18.8. The van der Waals surface area contributed by atoms with Gasteiger partial charge in [-0.25, -0.2) is 0 Å². The molecule has 39 heavy (non-hydrogen) atoms. The first kappa shape index (κ1) is 26.7. The summed E-state index contributed by atoms with van der Waals surface area (Å²) < 4.78 is 6.73. The topological polar surface area (TPSA) is 105 Å². The van der Waals surface area contributed by atoms with Gasteiger partial charge in [-0.15, -0.1) is 16.8 Å². The summed E-state index contributed by atoms with van der Waals surface area (Å²) in [5, 5.41) is 19.5. The molecule has 2 aliphatic rings. The van der Waals surface area contributed by atoms with Gasteiger partial charge in [0.25, 0.3) is 0 Å². The second-order valence-corrected chi connectivity index (χ2v) is 12.5. The van der Waals surface area contributed by atoms with Crippen molar-refractivity contribution in [1.82, 2.24) is 10.2 Å². The minimum Gasteiger partial charge on any atom is -0.489 e. The molecule has 3 aromatic rings. The van der Waals surface area contributed by atoms with Crippen LogP contribution in [0.15, 0.2) is 94.3 Å². The lowest BCUT2D eigenvalue weighted by Crippen LogP contribution is -2.42. The van der Waals surface area contributed by atoms with Crippen LogP contribution in [0.25, 0.3) is 0 Å². The molecule has 2 heterocycles. The number of anilines is 1. The number of benzene rings is 2. The molecule has 1 unspecified atom stereocenters. The van der Waals surface area contributed by atoms with Gasteiger partial charge in [-0.2, -0.15) is 5.26 Å². The maximum Gasteiger partial charge on any atom is 0.219 e. The fourth-order valence-electron chi connectivity index (χ4n) is 5.04. The number of thioether (sulfide) groups is 1. The zero-order valence-electron chi connectivity index (χ0n) is 21.9. The van der Waals surface area contributed by atoms with E-state index in [0.29, 0.717) is 47.2 Å². The normalized spacial score (nSPS) is 18.5. The van der Waals surface area contributed by atoms with Crippen LogP contribution < -0.4 is 15.4 Å². The van der Waals surface area contributed by atoms with Crippen molar-refractivity contribution >= 4 is 34.0 Å². The van der Waals surface area contributed by atoms with Crippen LogP contribution in [0.2, 0.25) is 0 Å². The van der Waals surface area contributed by atoms with Gasteiger partial charge in [-0.05, 0) is 35.1 Å². The highest BCUT2D eigenvalue weighted by Gasteiger charge is 2.45. The van der Waals surface area contributed by atoms with E-state index >= 15 is 0 Å². The fraction of sp³-hybridized carbons (Fsp3) is 0.267. The van der Waals surface area contributed by atoms with E-state index in [9.17, 15) is 10.1 Å². The standard InChI is InChI=1S/C30H29N5O2S2/c1-4-14-38-29-34-33-28(39-29)35-23-15-30(2,3)16-24(36)26(23)25(22(17-31)27(35)32)20-10-12-21(13-11-20)37-18-19-8-6-5-7-9-19/h4-13,25H,1,14-16,18,32H2,2-3H3. The van der Waals surface area contributed by atoms with Gasteiger partial charge in [-0.1, -0.05) is 85.5 Å². The number of rotatable bonds is 8.